The van der Waals surface area contributed by atoms with Gasteiger partial charge in [-0.3, -0.25) is 0 Å². The lowest BCUT2D eigenvalue weighted by atomic mass is 9.96. The number of hydrogen-bond acceptors (Lipinski definition) is 1. The summed E-state index contributed by atoms with van der Waals surface area (Å²) in [4.78, 5) is 0. The number of aryl methyl sites for hydroxylation is 3. The lowest BCUT2D eigenvalue weighted by molar-refractivity contribution is -0.274. The van der Waals surface area contributed by atoms with Crippen LogP contribution in [0.5, 0.6) is 5.75 Å². The highest BCUT2D eigenvalue weighted by molar-refractivity contribution is 5.88. The van der Waals surface area contributed by atoms with E-state index >= 15 is 4.39 Å². The molecule has 194 valence electrons. The fourth-order valence-corrected chi connectivity index (χ4v) is 4.54. The van der Waals surface area contributed by atoms with E-state index in [0.717, 1.165) is 36.8 Å². The van der Waals surface area contributed by atoms with Crippen LogP contribution in [0.3, 0.4) is 0 Å². The molecule has 0 aliphatic rings. The summed E-state index contributed by atoms with van der Waals surface area (Å²) in [7, 11) is 0. The van der Waals surface area contributed by atoms with Gasteiger partial charge in [0, 0.05) is 10.9 Å². The summed E-state index contributed by atoms with van der Waals surface area (Å²) in [5.41, 5.74) is 3.44. The lowest BCUT2D eigenvalue weighted by Gasteiger charge is -2.11. The quantitative estimate of drug-likeness (QED) is 0.152. The molecule has 0 radical (unpaired) electrons. The molecule has 37 heavy (non-hydrogen) atoms. The minimum Gasteiger partial charge on any atom is -0.406 e. The van der Waals surface area contributed by atoms with E-state index < -0.39 is 6.36 Å². The topological polar surface area (TPSA) is 9.23 Å². The Labute approximate surface area is 213 Å². The van der Waals surface area contributed by atoms with E-state index in [1.807, 2.05) is 12.1 Å². The van der Waals surface area contributed by atoms with Crippen molar-refractivity contribution in [2.45, 2.75) is 58.2 Å². The van der Waals surface area contributed by atoms with Crippen molar-refractivity contribution in [3.8, 4) is 16.9 Å². The van der Waals surface area contributed by atoms with Crippen molar-refractivity contribution in [2.75, 3.05) is 0 Å². The predicted octanol–water partition coefficient (Wildman–Crippen LogP) is 9.59. The van der Waals surface area contributed by atoms with Crippen molar-refractivity contribution >= 4 is 10.8 Å². The SMILES string of the molecule is CCCCCCc1ccc(-c2ccc3c(F)c(CCc4ccc(OC(F)(F)F)cc4)ccc3c2)c(F)c1. The standard InChI is InChI=1S/C31H29F5O/c1-2-3-4-5-6-22-10-17-27(29(32)19-22)24-14-18-28-25(20-24)13-12-23(30(28)33)11-7-21-8-15-26(16-9-21)37-31(34,35)36/h8-10,12-20H,2-7,11H2,1H3. The van der Waals surface area contributed by atoms with Crippen molar-refractivity contribution in [1.82, 2.24) is 0 Å². The van der Waals surface area contributed by atoms with Crippen LogP contribution in [0.1, 0.15) is 49.3 Å². The van der Waals surface area contributed by atoms with E-state index in [1.54, 1.807) is 36.4 Å². The average Bonchev–Trinajstić information content (AvgIpc) is 2.86. The van der Waals surface area contributed by atoms with Crippen LogP contribution in [-0.4, -0.2) is 6.36 Å². The Balaban J connectivity index is 1.45. The highest BCUT2D eigenvalue weighted by Gasteiger charge is 2.30. The summed E-state index contributed by atoms with van der Waals surface area (Å²) in [6.45, 7) is 2.16. The van der Waals surface area contributed by atoms with Gasteiger partial charge in [0.1, 0.15) is 17.4 Å². The number of fused-ring (bicyclic) bond motifs is 1. The number of halogens is 5. The third kappa shape index (κ3) is 7.09. The fourth-order valence-electron chi connectivity index (χ4n) is 4.54. The summed E-state index contributed by atoms with van der Waals surface area (Å²) < 4.78 is 71.0. The first-order chi connectivity index (χ1) is 17.7. The third-order valence-electron chi connectivity index (χ3n) is 6.54. The second-order valence-electron chi connectivity index (χ2n) is 9.29. The molecule has 0 saturated heterocycles. The van der Waals surface area contributed by atoms with Gasteiger partial charge in [-0.25, -0.2) is 8.78 Å². The van der Waals surface area contributed by atoms with E-state index in [2.05, 4.69) is 11.7 Å². The van der Waals surface area contributed by atoms with Crippen LogP contribution >= 0.6 is 0 Å². The summed E-state index contributed by atoms with van der Waals surface area (Å²) in [6.07, 6.45) is 1.50. The van der Waals surface area contributed by atoms with Gasteiger partial charge in [-0.1, -0.05) is 74.7 Å². The lowest BCUT2D eigenvalue weighted by Crippen LogP contribution is -2.17. The molecule has 4 aromatic rings. The molecular weight excluding hydrogens is 483 g/mol. The van der Waals surface area contributed by atoms with Crippen molar-refractivity contribution in [2.24, 2.45) is 0 Å². The smallest absolute Gasteiger partial charge is 0.406 e. The first kappa shape index (κ1) is 26.6. The van der Waals surface area contributed by atoms with E-state index in [0.29, 0.717) is 40.3 Å². The summed E-state index contributed by atoms with van der Waals surface area (Å²) >= 11 is 0. The van der Waals surface area contributed by atoms with Gasteiger partial charge in [0.2, 0.25) is 0 Å². The molecule has 1 nitrogen and oxygen atoms in total. The second kappa shape index (κ2) is 11.8. The van der Waals surface area contributed by atoms with Crippen molar-refractivity contribution in [1.29, 1.82) is 0 Å². The molecule has 0 N–H and O–H groups in total. The summed E-state index contributed by atoms with van der Waals surface area (Å²) in [5, 5.41) is 1.12. The zero-order valence-corrected chi connectivity index (χ0v) is 20.7. The minimum atomic E-state index is -4.74. The van der Waals surface area contributed by atoms with Crippen LogP contribution < -0.4 is 4.74 Å². The Kier molecular flexibility index (Phi) is 8.47. The zero-order valence-electron chi connectivity index (χ0n) is 20.7. The Morgan fingerprint density at radius 1 is 0.703 bits per heavy atom. The molecule has 0 bridgehead atoms. The molecule has 0 unspecified atom stereocenters. The Hall–Kier alpha value is -3.41. The Morgan fingerprint density at radius 3 is 2.16 bits per heavy atom. The fraction of sp³-hybridized carbons (Fsp3) is 0.290. The summed E-state index contributed by atoms with van der Waals surface area (Å²) in [6, 6.07) is 19.6. The molecule has 0 spiro atoms. The van der Waals surface area contributed by atoms with Gasteiger partial charge in [-0.05, 0) is 77.6 Å². The molecule has 0 aliphatic carbocycles. The molecule has 0 aromatic heterocycles. The van der Waals surface area contributed by atoms with Gasteiger partial charge in [0.15, 0.2) is 0 Å². The Bertz CT molecular complexity index is 1340. The minimum absolute atomic E-state index is 0.281. The molecule has 0 atom stereocenters. The molecule has 0 saturated carbocycles. The maximum Gasteiger partial charge on any atom is 0.573 e. The van der Waals surface area contributed by atoms with Crippen LogP contribution in [0.4, 0.5) is 22.0 Å². The van der Waals surface area contributed by atoms with E-state index in [9.17, 15) is 17.6 Å². The van der Waals surface area contributed by atoms with Crippen LogP contribution in [0.2, 0.25) is 0 Å². The van der Waals surface area contributed by atoms with Crippen molar-refractivity contribution in [3.63, 3.8) is 0 Å². The van der Waals surface area contributed by atoms with Crippen LogP contribution in [0, 0.1) is 11.6 Å². The normalized spacial score (nSPS) is 11.7. The number of unbranched alkanes of at least 4 members (excludes halogenated alkanes) is 3. The van der Waals surface area contributed by atoms with Crippen LogP contribution in [0.25, 0.3) is 21.9 Å². The molecule has 0 heterocycles. The zero-order chi connectivity index (χ0) is 26.4. The van der Waals surface area contributed by atoms with E-state index in [1.165, 1.54) is 30.7 Å². The highest BCUT2D eigenvalue weighted by atomic mass is 19.4. The first-order valence-corrected chi connectivity index (χ1v) is 12.6. The summed E-state index contributed by atoms with van der Waals surface area (Å²) in [5.74, 6) is -0.915. The van der Waals surface area contributed by atoms with Gasteiger partial charge < -0.3 is 4.74 Å². The van der Waals surface area contributed by atoms with Crippen molar-refractivity contribution in [3.05, 3.63) is 101 Å². The molecule has 6 heteroatoms. The van der Waals surface area contributed by atoms with Gasteiger partial charge >= 0.3 is 6.36 Å². The third-order valence-corrected chi connectivity index (χ3v) is 6.54. The number of alkyl halides is 3. The average molecular weight is 513 g/mol. The maximum atomic E-state index is 15.2. The van der Waals surface area contributed by atoms with Gasteiger partial charge in [-0.2, -0.15) is 0 Å². The maximum absolute atomic E-state index is 15.2. The van der Waals surface area contributed by atoms with Crippen LogP contribution in [-0.2, 0) is 19.3 Å². The second-order valence-corrected chi connectivity index (χ2v) is 9.29. The number of hydrogen-bond donors (Lipinski definition) is 0. The van der Waals surface area contributed by atoms with Crippen LogP contribution in [0.15, 0.2) is 72.8 Å². The number of ether oxygens (including phenoxy) is 1. The molecule has 4 rings (SSSR count). The molecule has 0 aliphatic heterocycles. The van der Waals surface area contributed by atoms with Gasteiger partial charge in [-0.15, -0.1) is 13.2 Å². The van der Waals surface area contributed by atoms with E-state index in [-0.39, 0.29) is 17.4 Å². The van der Waals surface area contributed by atoms with Crippen molar-refractivity contribution < 1.29 is 26.7 Å². The van der Waals surface area contributed by atoms with E-state index in [4.69, 9.17) is 0 Å². The highest BCUT2D eigenvalue weighted by Crippen LogP contribution is 2.30. The predicted molar refractivity (Wildman–Crippen MR) is 138 cm³/mol. The molecule has 0 amide bonds. The largest absolute Gasteiger partial charge is 0.573 e. The molecule has 0 fully saturated rings. The monoisotopic (exact) mass is 512 g/mol. The van der Waals surface area contributed by atoms with Gasteiger partial charge in [0.05, 0.1) is 0 Å². The Morgan fingerprint density at radius 2 is 1.46 bits per heavy atom. The number of rotatable bonds is 10. The molecule has 4 aromatic carbocycles. The molecular formula is C31H29F5O. The number of benzene rings is 4. The van der Waals surface area contributed by atoms with Gasteiger partial charge in [0.25, 0.3) is 0 Å². The first-order valence-electron chi connectivity index (χ1n) is 12.6.